The van der Waals surface area contributed by atoms with E-state index in [1.807, 2.05) is 0 Å². The molecule has 0 amide bonds. The first kappa shape index (κ1) is 15.3. The number of allylic oxidation sites excluding steroid dienone is 1. The summed E-state index contributed by atoms with van der Waals surface area (Å²) in [6.45, 7) is 5.08. The molecule has 19 heavy (non-hydrogen) atoms. The number of esters is 1. The van der Waals surface area contributed by atoms with Gasteiger partial charge in [0.05, 0.1) is 5.56 Å². The maximum Gasteiger partial charge on any atom is 0.409 e. The van der Waals surface area contributed by atoms with E-state index in [-0.39, 0.29) is 17.2 Å². The predicted octanol–water partition coefficient (Wildman–Crippen LogP) is 4.22. The summed E-state index contributed by atoms with van der Waals surface area (Å²) in [7, 11) is 0. The van der Waals surface area contributed by atoms with Crippen molar-refractivity contribution in [3.63, 3.8) is 0 Å². The van der Waals surface area contributed by atoms with E-state index in [1.165, 1.54) is 12.1 Å². The molecule has 0 bridgehead atoms. The van der Waals surface area contributed by atoms with Crippen LogP contribution in [-0.2, 0) is 4.74 Å². The molecule has 5 heteroatoms. The van der Waals surface area contributed by atoms with Gasteiger partial charge in [0.1, 0.15) is 5.60 Å². The van der Waals surface area contributed by atoms with Gasteiger partial charge < -0.3 is 4.74 Å². The number of benzene rings is 1. The summed E-state index contributed by atoms with van der Waals surface area (Å²) < 4.78 is 41.6. The summed E-state index contributed by atoms with van der Waals surface area (Å²) >= 11 is 0. The first-order valence-corrected chi connectivity index (χ1v) is 5.67. The van der Waals surface area contributed by atoms with Gasteiger partial charge in [0.15, 0.2) is 0 Å². The molecule has 2 nitrogen and oxygen atoms in total. The SMILES string of the molecule is CC(C)(C)OC(=O)c1ccccc1C=CC(F)(F)F. The van der Waals surface area contributed by atoms with Crippen LogP contribution in [0.5, 0.6) is 0 Å². The van der Waals surface area contributed by atoms with Crippen molar-refractivity contribution in [1.29, 1.82) is 0 Å². The minimum absolute atomic E-state index is 0.0935. The average molecular weight is 272 g/mol. The Kier molecular flexibility index (Phi) is 4.39. The molecule has 0 saturated heterocycles. The highest BCUT2D eigenvalue weighted by atomic mass is 19.4. The molecule has 0 aliphatic carbocycles. The average Bonchev–Trinajstić information content (AvgIpc) is 2.23. The van der Waals surface area contributed by atoms with Crippen LogP contribution in [0.25, 0.3) is 6.08 Å². The standard InChI is InChI=1S/C14H15F3O2/c1-13(2,3)19-12(18)11-7-5-4-6-10(11)8-9-14(15,16)17/h4-9H,1-3H3. The van der Waals surface area contributed by atoms with E-state index in [1.54, 1.807) is 32.9 Å². The summed E-state index contributed by atoms with van der Waals surface area (Å²) in [5.41, 5.74) is -0.412. The van der Waals surface area contributed by atoms with E-state index >= 15 is 0 Å². The third-order valence-electron chi connectivity index (χ3n) is 2.03. The molecule has 0 saturated carbocycles. The third-order valence-corrected chi connectivity index (χ3v) is 2.03. The van der Waals surface area contributed by atoms with Gasteiger partial charge in [0.25, 0.3) is 0 Å². The molecule has 0 atom stereocenters. The molecule has 104 valence electrons. The fraction of sp³-hybridized carbons (Fsp3) is 0.357. The van der Waals surface area contributed by atoms with Crippen molar-refractivity contribution in [1.82, 2.24) is 0 Å². The summed E-state index contributed by atoms with van der Waals surface area (Å²) in [5, 5.41) is 0. The van der Waals surface area contributed by atoms with Crippen LogP contribution in [0.15, 0.2) is 30.3 Å². The van der Waals surface area contributed by atoms with Crippen molar-refractivity contribution in [2.75, 3.05) is 0 Å². The zero-order valence-electron chi connectivity index (χ0n) is 10.9. The van der Waals surface area contributed by atoms with E-state index in [0.29, 0.717) is 0 Å². The van der Waals surface area contributed by atoms with Crippen LogP contribution >= 0.6 is 0 Å². The molecule has 1 aromatic carbocycles. The fourth-order valence-electron chi connectivity index (χ4n) is 1.35. The Hall–Kier alpha value is -1.78. The van der Waals surface area contributed by atoms with E-state index in [9.17, 15) is 18.0 Å². The monoisotopic (exact) mass is 272 g/mol. The normalized spacial score (nSPS) is 12.7. The van der Waals surface area contributed by atoms with Crippen molar-refractivity contribution in [2.45, 2.75) is 32.5 Å². The second-order valence-electron chi connectivity index (χ2n) is 4.96. The van der Waals surface area contributed by atoms with Gasteiger partial charge in [-0.25, -0.2) is 4.79 Å². The number of hydrogen-bond donors (Lipinski definition) is 0. The number of carbonyl (C=O) groups excluding carboxylic acids is 1. The second-order valence-corrected chi connectivity index (χ2v) is 4.96. The quantitative estimate of drug-likeness (QED) is 0.753. The first-order chi connectivity index (χ1) is 8.58. The summed E-state index contributed by atoms with van der Waals surface area (Å²) in [5.74, 6) is -0.644. The van der Waals surface area contributed by atoms with Gasteiger partial charge >= 0.3 is 12.1 Å². The fourth-order valence-corrected chi connectivity index (χ4v) is 1.35. The van der Waals surface area contributed by atoms with Gasteiger partial charge in [-0.2, -0.15) is 13.2 Å². The smallest absolute Gasteiger partial charge is 0.409 e. The van der Waals surface area contributed by atoms with Gasteiger partial charge in [-0.3, -0.25) is 0 Å². The largest absolute Gasteiger partial charge is 0.456 e. The number of rotatable bonds is 2. The highest BCUT2D eigenvalue weighted by molar-refractivity contribution is 5.93. The predicted molar refractivity (Wildman–Crippen MR) is 66.7 cm³/mol. The molecule has 0 aromatic heterocycles. The van der Waals surface area contributed by atoms with Crippen LogP contribution in [0, 0.1) is 0 Å². The Morgan fingerprint density at radius 1 is 1.16 bits per heavy atom. The maximum atomic E-state index is 12.1. The van der Waals surface area contributed by atoms with E-state index in [4.69, 9.17) is 4.74 Å². The Morgan fingerprint density at radius 3 is 2.26 bits per heavy atom. The molecule has 0 fully saturated rings. The molecule has 0 aliphatic heterocycles. The van der Waals surface area contributed by atoms with Gasteiger partial charge in [0.2, 0.25) is 0 Å². The molecule has 0 heterocycles. The van der Waals surface area contributed by atoms with Crippen LogP contribution in [0.2, 0.25) is 0 Å². The van der Waals surface area contributed by atoms with Crippen molar-refractivity contribution in [3.05, 3.63) is 41.5 Å². The topological polar surface area (TPSA) is 26.3 Å². The van der Waals surface area contributed by atoms with Gasteiger partial charge in [-0.15, -0.1) is 0 Å². The van der Waals surface area contributed by atoms with Gasteiger partial charge in [0, 0.05) is 6.08 Å². The molecule has 0 aliphatic rings. The lowest BCUT2D eigenvalue weighted by atomic mass is 10.1. The zero-order chi connectivity index (χ0) is 14.7. The van der Waals surface area contributed by atoms with Crippen molar-refractivity contribution >= 4 is 12.0 Å². The van der Waals surface area contributed by atoms with Crippen LogP contribution in [-0.4, -0.2) is 17.7 Å². The Bertz CT molecular complexity index is 482. The molecule has 1 rings (SSSR count). The first-order valence-electron chi connectivity index (χ1n) is 5.67. The lowest BCUT2D eigenvalue weighted by Gasteiger charge is -2.20. The third kappa shape index (κ3) is 5.59. The minimum atomic E-state index is -4.42. The number of hydrogen-bond acceptors (Lipinski definition) is 2. The zero-order valence-corrected chi connectivity index (χ0v) is 10.9. The van der Waals surface area contributed by atoms with E-state index < -0.39 is 17.7 Å². The Labute approximate surface area is 109 Å². The van der Waals surface area contributed by atoms with Crippen molar-refractivity contribution in [2.24, 2.45) is 0 Å². The number of halogens is 3. The Balaban J connectivity index is 3.03. The molecular formula is C14H15F3O2. The molecule has 1 aromatic rings. The number of carbonyl (C=O) groups is 1. The van der Waals surface area contributed by atoms with Crippen LogP contribution in [0.4, 0.5) is 13.2 Å². The van der Waals surface area contributed by atoms with Crippen molar-refractivity contribution < 1.29 is 22.7 Å². The molecule has 0 radical (unpaired) electrons. The summed E-state index contributed by atoms with van der Waals surface area (Å²) in [4.78, 5) is 11.9. The van der Waals surface area contributed by atoms with Gasteiger partial charge in [-0.05, 0) is 38.5 Å². The highest BCUT2D eigenvalue weighted by Gasteiger charge is 2.23. The van der Waals surface area contributed by atoms with Crippen LogP contribution in [0.3, 0.4) is 0 Å². The maximum absolute atomic E-state index is 12.1. The van der Waals surface area contributed by atoms with E-state index in [0.717, 1.165) is 6.08 Å². The highest BCUT2D eigenvalue weighted by Crippen LogP contribution is 2.21. The van der Waals surface area contributed by atoms with Crippen LogP contribution < -0.4 is 0 Å². The summed E-state index contributed by atoms with van der Waals surface area (Å²) in [6, 6.07) is 6.00. The lowest BCUT2D eigenvalue weighted by molar-refractivity contribution is -0.0790. The lowest BCUT2D eigenvalue weighted by Crippen LogP contribution is -2.24. The molecule has 0 spiro atoms. The van der Waals surface area contributed by atoms with Gasteiger partial charge in [-0.1, -0.05) is 18.2 Å². The number of alkyl halides is 3. The number of ether oxygens (including phenoxy) is 1. The van der Waals surface area contributed by atoms with E-state index in [2.05, 4.69) is 0 Å². The molecular weight excluding hydrogens is 257 g/mol. The molecule has 0 unspecified atom stereocenters. The minimum Gasteiger partial charge on any atom is -0.456 e. The van der Waals surface area contributed by atoms with Crippen LogP contribution in [0.1, 0.15) is 36.7 Å². The second kappa shape index (κ2) is 5.47. The molecule has 0 N–H and O–H groups in total. The van der Waals surface area contributed by atoms with Crippen molar-refractivity contribution in [3.8, 4) is 0 Å². The summed E-state index contributed by atoms with van der Waals surface area (Å²) in [6.07, 6.45) is -3.46. The Morgan fingerprint density at radius 2 is 1.74 bits per heavy atom.